The van der Waals surface area contributed by atoms with Gasteiger partial charge in [0.25, 0.3) is 0 Å². The third-order valence-electron chi connectivity index (χ3n) is 7.12. The Morgan fingerprint density at radius 3 is 2.44 bits per heavy atom. The van der Waals surface area contributed by atoms with Gasteiger partial charge in [0.2, 0.25) is 0 Å². The van der Waals surface area contributed by atoms with Crippen molar-refractivity contribution in [3.63, 3.8) is 0 Å². The number of nitrogens with zero attached hydrogens (tertiary/aromatic N) is 1. The highest BCUT2D eigenvalue weighted by Crippen LogP contribution is 2.55. The molecule has 27 heavy (non-hydrogen) atoms. The Balaban J connectivity index is 1.29. The van der Waals surface area contributed by atoms with Crippen LogP contribution in [0.4, 0.5) is 0 Å². The van der Waals surface area contributed by atoms with E-state index in [4.69, 9.17) is 9.47 Å². The maximum atomic E-state index is 12.8. The number of hydrogen-bond donors (Lipinski definition) is 1. The van der Waals surface area contributed by atoms with E-state index in [-0.39, 0.29) is 18.7 Å². The Morgan fingerprint density at radius 2 is 1.89 bits per heavy atom. The van der Waals surface area contributed by atoms with Crippen LogP contribution in [0.25, 0.3) is 0 Å². The summed E-state index contributed by atoms with van der Waals surface area (Å²) in [6.45, 7) is 1.01. The maximum absolute atomic E-state index is 12.8. The largest absolute Gasteiger partial charge is 0.461 e. The van der Waals surface area contributed by atoms with E-state index < -0.39 is 5.92 Å². The molecule has 4 aliphatic rings. The molecular weight excluding hydrogens is 410 g/mol. The predicted molar refractivity (Wildman–Crippen MR) is 103 cm³/mol. The highest BCUT2D eigenvalue weighted by atomic mass is 79.9. The number of carbonyl (C=O) groups is 1. The highest BCUT2D eigenvalue weighted by molar-refractivity contribution is 9.09. The number of aliphatic hydroxyl groups excluding tert-OH is 1. The predicted octanol–water partition coefficient (Wildman–Crippen LogP) is 2.57. The molecule has 2 bridgehead atoms. The van der Waals surface area contributed by atoms with Crippen LogP contribution < -0.4 is 0 Å². The van der Waals surface area contributed by atoms with Gasteiger partial charge in [0.15, 0.2) is 0 Å². The minimum atomic E-state index is -0.599. The Hall–Kier alpha value is -0.950. The van der Waals surface area contributed by atoms with Crippen molar-refractivity contribution >= 4 is 21.9 Å². The average Bonchev–Trinajstić information content (AvgIpc) is 3.58. The molecule has 0 amide bonds. The van der Waals surface area contributed by atoms with Crippen LogP contribution in [0.1, 0.15) is 37.2 Å². The zero-order chi connectivity index (χ0) is 18.6. The smallest absolute Gasteiger partial charge is 0.316 e. The van der Waals surface area contributed by atoms with E-state index in [1.54, 1.807) is 0 Å². The van der Waals surface area contributed by atoms with E-state index >= 15 is 0 Å². The molecule has 146 valence electrons. The molecule has 0 aromatic heterocycles. The molecule has 1 aromatic carbocycles. The van der Waals surface area contributed by atoms with E-state index in [1.807, 2.05) is 30.3 Å². The van der Waals surface area contributed by atoms with Gasteiger partial charge in [-0.3, -0.25) is 4.79 Å². The van der Waals surface area contributed by atoms with Crippen molar-refractivity contribution in [2.45, 2.75) is 62.0 Å². The number of rotatable bonds is 7. The molecule has 6 heteroatoms. The molecule has 0 radical (unpaired) electrons. The van der Waals surface area contributed by atoms with Crippen LogP contribution in [0.15, 0.2) is 30.3 Å². The van der Waals surface area contributed by atoms with E-state index in [1.165, 1.54) is 19.4 Å². The lowest BCUT2D eigenvalue weighted by Gasteiger charge is -2.50. The van der Waals surface area contributed by atoms with Gasteiger partial charge in [-0.2, -0.15) is 0 Å². The average molecular weight is 437 g/mol. The number of esters is 1. The quantitative estimate of drug-likeness (QED) is 0.234. The summed E-state index contributed by atoms with van der Waals surface area (Å²) < 4.78 is 13.0. The first-order valence-electron chi connectivity index (χ1n) is 10.1. The number of aliphatic hydroxyl groups is 1. The van der Waals surface area contributed by atoms with Crippen molar-refractivity contribution in [1.82, 2.24) is 0 Å². The minimum absolute atomic E-state index is 0.0637. The highest BCUT2D eigenvalue weighted by Gasteiger charge is 2.73. The second-order valence-corrected chi connectivity index (χ2v) is 9.23. The van der Waals surface area contributed by atoms with Crippen LogP contribution in [0.3, 0.4) is 0 Å². The van der Waals surface area contributed by atoms with E-state index in [0.717, 1.165) is 34.3 Å². The summed E-state index contributed by atoms with van der Waals surface area (Å²) >= 11 is 3.80. The fourth-order valence-electron chi connectivity index (χ4n) is 5.53. The molecule has 4 fully saturated rings. The molecule has 3 heterocycles. The molecule has 5 atom stereocenters. The summed E-state index contributed by atoms with van der Waals surface area (Å²) in [4.78, 5) is 12.8. The molecule has 1 N–H and O–H groups in total. The molecule has 0 spiro atoms. The molecule has 5 rings (SSSR count). The second-order valence-electron chi connectivity index (χ2n) is 8.72. The number of hydrogen-bond acceptors (Lipinski definition) is 4. The van der Waals surface area contributed by atoms with Crippen molar-refractivity contribution in [3.05, 3.63) is 35.9 Å². The summed E-state index contributed by atoms with van der Waals surface area (Å²) in [6.07, 6.45) is 5.08. The first kappa shape index (κ1) is 18.1. The molecular formula is C21H27BrNO4+. The number of carbonyl (C=O) groups excluding carboxylic acids is 1. The van der Waals surface area contributed by atoms with Crippen LogP contribution in [0, 0.1) is 5.92 Å². The lowest BCUT2D eigenvalue weighted by Crippen LogP contribution is -2.65. The zero-order valence-corrected chi connectivity index (χ0v) is 17.0. The third kappa shape index (κ3) is 3.05. The number of morpholine rings is 1. The Kier molecular flexibility index (Phi) is 4.58. The third-order valence-corrected chi connectivity index (χ3v) is 8.05. The van der Waals surface area contributed by atoms with Gasteiger partial charge >= 0.3 is 5.97 Å². The van der Waals surface area contributed by atoms with Crippen molar-refractivity contribution in [2.24, 2.45) is 5.92 Å². The molecule has 1 aromatic rings. The minimum Gasteiger partial charge on any atom is -0.461 e. The summed E-state index contributed by atoms with van der Waals surface area (Å²) in [6, 6.07) is 10.3. The maximum Gasteiger partial charge on any atom is 0.316 e. The van der Waals surface area contributed by atoms with E-state index in [0.29, 0.717) is 24.3 Å². The zero-order valence-electron chi connectivity index (χ0n) is 15.4. The number of alkyl halides is 1. The van der Waals surface area contributed by atoms with Crippen molar-refractivity contribution in [3.8, 4) is 0 Å². The number of fused-ring (bicyclic) bond motifs is 5. The van der Waals surface area contributed by atoms with Crippen molar-refractivity contribution < 1.29 is 23.9 Å². The monoisotopic (exact) mass is 436 g/mol. The SMILES string of the molecule is O=C(OC1CC2C3OC3C(C1)[N+]2(CBr)CC1CC1)C(CO)c1ccccc1. The molecule has 5 unspecified atom stereocenters. The van der Waals surface area contributed by atoms with E-state index in [9.17, 15) is 9.90 Å². The lowest BCUT2D eigenvalue weighted by molar-refractivity contribution is -0.962. The van der Waals surface area contributed by atoms with E-state index in [2.05, 4.69) is 15.9 Å². The fraction of sp³-hybridized carbons (Fsp3) is 0.667. The van der Waals surface area contributed by atoms with Gasteiger partial charge in [0.05, 0.1) is 13.2 Å². The topological polar surface area (TPSA) is 59.1 Å². The van der Waals surface area contributed by atoms with Crippen LogP contribution in [-0.2, 0) is 14.3 Å². The van der Waals surface area contributed by atoms with Gasteiger partial charge in [0, 0.05) is 18.8 Å². The molecule has 1 aliphatic carbocycles. The van der Waals surface area contributed by atoms with Gasteiger partial charge in [0.1, 0.15) is 41.8 Å². The van der Waals surface area contributed by atoms with Gasteiger partial charge < -0.3 is 19.1 Å². The summed E-state index contributed by atoms with van der Waals surface area (Å²) in [5.41, 5.74) is 1.79. The number of piperidine rings is 1. The van der Waals surface area contributed by atoms with Crippen molar-refractivity contribution in [2.75, 3.05) is 18.6 Å². The van der Waals surface area contributed by atoms with Crippen LogP contribution in [-0.4, -0.2) is 64.6 Å². The summed E-state index contributed by atoms with van der Waals surface area (Å²) in [7, 11) is 0. The van der Waals surface area contributed by atoms with Crippen LogP contribution in [0.2, 0.25) is 0 Å². The number of quaternary nitrogens is 1. The number of benzene rings is 1. The number of ether oxygens (including phenoxy) is 2. The van der Waals surface area contributed by atoms with Gasteiger partial charge in [-0.15, -0.1) is 0 Å². The van der Waals surface area contributed by atoms with Gasteiger partial charge in [-0.05, 0) is 34.3 Å². The lowest BCUT2D eigenvalue weighted by atomic mass is 9.94. The second kappa shape index (κ2) is 6.83. The molecule has 3 saturated heterocycles. The van der Waals surface area contributed by atoms with Crippen LogP contribution in [0.5, 0.6) is 0 Å². The Labute approximate surface area is 168 Å². The summed E-state index contributed by atoms with van der Waals surface area (Å²) in [5.74, 6) is -0.0387. The van der Waals surface area contributed by atoms with Crippen molar-refractivity contribution in [1.29, 1.82) is 0 Å². The Bertz CT molecular complexity index is 691. The molecule has 5 nitrogen and oxygen atoms in total. The van der Waals surface area contributed by atoms with Gasteiger partial charge in [-0.1, -0.05) is 30.3 Å². The fourth-order valence-corrected chi connectivity index (χ4v) is 6.48. The van der Waals surface area contributed by atoms with Crippen LogP contribution >= 0.6 is 15.9 Å². The first-order valence-corrected chi connectivity index (χ1v) is 11.2. The Morgan fingerprint density at radius 1 is 1.22 bits per heavy atom. The first-order chi connectivity index (χ1) is 13.2. The standard InChI is InChI=1S/C21H27BrNO4/c22-12-23(10-13-6-7-13)17-8-15(9-18(23)20-19(17)27-20)26-21(25)16(11-24)14-4-2-1-3-5-14/h1-5,13,15-20,24H,6-12H2/q+1. The molecule has 3 aliphatic heterocycles. The van der Waals surface area contributed by atoms with Gasteiger partial charge in [-0.25, -0.2) is 0 Å². The number of epoxide rings is 1. The normalized spacial score (nSPS) is 40.3. The summed E-state index contributed by atoms with van der Waals surface area (Å²) in [5, 5.41) is 9.74. The number of halogens is 1. The molecule has 1 saturated carbocycles.